The van der Waals surface area contributed by atoms with Crippen LogP contribution in [0.1, 0.15) is 43.2 Å². The fourth-order valence-electron chi connectivity index (χ4n) is 3.25. The molecule has 1 aliphatic rings. The van der Waals surface area contributed by atoms with E-state index < -0.39 is 16.4 Å². The molecule has 0 spiro atoms. The molecule has 0 saturated heterocycles. The standard InChI is InChI=1S/C18H21NO4S/c1-2-24(22)14-8-5-7-13(11-14)19-17(20)16-10-12-6-3-4-9-15(12)18(21)23-16/h3-4,6,9-10,13-14H,2,5,7-8,11H2,1H3,(H,19,20). The third-order valence-corrected chi connectivity index (χ3v) is 6.25. The van der Waals surface area contributed by atoms with Crippen LogP contribution in [0.3, 0.4) is 0 Å². The predicted molar refractivity (Wildman–Crippen MR) is 94.7 cm³/mol. The smallest absolute Gasteiger partial charge is 0.344 e. The van der Waals surface area contributed by atoms with Crippen molar-refractivity contribution < 1.29 is 13.4 Å². The summed E-state index contributed by atoms with van der Waals surface area (Å²) < 4.78 is 17.2. The van der Waals surface area contributed by atoms with E-state index in [1.54, 1.807) is 24.3 Å². The number of rotatable bonds is 4. The first-order valence-corrected chi connectivity index (χ1v) is 9.67. The Bertz CT molecular complexity index is 829. The van der Waals surface area contributed by atoms with Crippen LogP contribution in [0.2, 0.25) is 0 Å². The SMILES string of the molecule is CCS(=O)C1CCCC(NC(=O)c2cc3ccccc3c(=O)o2)C1. The highest BCUT2D eigenvalue weighted by molar-refractivity contribution is 7.85. The zero-order valence-electron chi connectivity index (χ0n) is 13.6. The molecule has 2 aromatic rings. The lowest BCUT2D eigenvalue weighted by Gasteiger charge is -2.28. The van der Waals surface area contributed by atoms with Crippen LogP contribution in [0.4, 0.5) is 0 Å². The molecule has 1 aliphatic carbocycles. The van der Waals surface area contributed by atoms with Gasteiger partial charge >= 0.3 is 5.63 Å². The van der Waals surface area contributed by atoms with Gasteiger partial charge in [-0.3, -0.25) is 9.00 Å². The van der Waals surface area contributed by atoms with Crippen molar-refractivity contribution in [3.05, 3.63) is 46.5 Å². The summed E-state index contributed by atoms with van der Waals surface area (Å²) in [5, 5.41) is 4.22. The quantitative estimate of drug-likeness (QED) is 0.922. The van der Waals surface area contributed by atoms with Gasteiger partial charge in [0.15, 0.2) is 5.76 Å². The molecule has 24 heavy (non-hydrogen) atoms. The van der Waals surface area contributed by atoms with E-state index in [1.165, 1.54) is 0 Å². The van der Waals surface area contributed by atoms with Gasteiger partial charge in [-0.1, -0.05) is 31.5 Å². The van der Waals surface area contributed by atoms with Crippen molar-refractivity contribution in [2.45, 2.75) is 43.9 Å². The number of nitrogens with one attached hydrogen (secondary N) is 1. The first kappa shape index (κ1) is 16.9. The molecule has 1 saturated carbocycles. The molecule has 0 aliphatic heterocycles. The number of hydrogen-bond acceptors (Lipinski definition) is 4. The van der Waals surface area contributed by atoms with Crippen molar-refractivity contribution in [1.82, 2.24) is 5.32 Å². The van der Waals surface area contributed by atoms with Crippen LogP contribution in [-0.4, -0.2) is 27.2 Å². The summed E-state index contributed by atoms with van der Waals surface area (Å²) in [6.45, 7) is 1.92. The van der Waals surface area contributed by atoms with Gasteiger partial charge in [0.2, 0.25) is 0 Å². The van der Waals surface area contributed by atoms with Crippen molar-refractivity contribution in [2.24, 2.45) is 0 Å². The molecule has 5 nitrogen and oxygen atoms in total. The van der Waals surface area contributed by atoms with Crippen LogP contribution < -0.4 is 10.9 Å². The number of fused-ring (bicyclic) bond motifs is 1. The van der Waals surface area contributed by atoms with E-state index in [0.29, 0.717) is 22.9 Å². The fraction of sp³-hybridized carbons (Fsp3) is 0.444. The normalized spacial score (nSPS) is 22.2. The van der Waals surface area contributed by atoms with Crippen LogP contribution in [0.15, 0.2) is 39.5 Å². The number of carbonyl (C=O) groups is 1. The Hall–Kier alpha value is -1.95. The van der Waals surface area contributed by atoms with Crippen LogP contribution in [-0.2, 0) is 10.8 Å². The van der Waals surface area contributed by atoms with Gasteiger partial charge in [-0.15, -0.1) is 0 Å². The molecule has 6 heteroatoms. The maximum atomic E-state index is 12.4. The van der Waals surface area contributed by atoms with Crippen LogP contribution in [0, 0.1) is 0 Å². The third kappa shape index (κ3) is 3.59. The maximum Gasteiger partial charge on any atom is 0.344 e. The first-order valence-electron chi connectivity index (χ1n) is 8.29. The van der Waals surface area contributed by atoms with Gasteiger partial charge in [-0.2, -0.15) is 0 Å². The van der Waals surface area contributed by atoms with Gasteiger partial charge in [-0.25, -0.2) is 4.79 Å². The van der Waals surface area contributed by atoms with E-state index in [4.69, 9.17) is 4.42 Å². The van der Waals surface area contributed by atoms with E-state index >= 15 is 0 Å². The molecular formula is C18H21NO4S. The summed E-state index contributed by atoms with van der Waals surface area (Å²) >= 11 is 0. The largest absolute Gasteiger partial charge is 0.417 e. The van der Waals surface area contributed by atoms with Crippen LogP contribution in [0.25, 0.3) is 10.8 Å². The Morgan fingerprint density at radius 1 is 1.33 bits per heavy atom. The molecular weight excluding hydrogens is 326 g/mol. The van der Waals surface area contributed by atoms with E-state index in [1.807, 2.05) is 13.0 Å². The molecule has 3 rings (SSSR count). The van der Waals surface area contributed by atoms with E-state index in [-0.39, 0.29) is 23.0 Å². The minimum atomic E-state index is -0.840. The third-order valence-electron chi connectivity index (χ3n) is 4.51. The Labute approximate surface area is 142 Å². The highest BCUT2D eigenvalue weighted by Gasteiger charge is 2.27. The lowest BCUT2D eigenvalue weighted by molar-refractivity contribution is 0.0896. The van der Waals surface area contributed by atoms with Gasteiger partial charge in [0.05, 0.1) is 5.39 Å². The summed E-state index contributed by atoms with van der Waals surface area (Å²) in [4.78, 5) is 24.4. The molecule has 1 fully saturated rings. The lowest BCUT2D eigenvalue weighted by Crippen LogP contribution is -2.41. The van der Waals surface area contributed by atoms with Gasteiger partial charge < -0.3 is 9.73 Å². The molecule has 128 valence electrons. The molecule has 0 bridgehead atoms. The highest BCUT2D eigenvalue weighted by atomic mass is 32.2. The van der Waals surface area contributed by atoms with Crippen molar-refractivity contribution in [3.8, 4) is 0 Å². The monoisotopic (exact) mass is 347 g/mol. The van der Waals surface area contributed by atoms with Crippen molar-refractivity contribution >= 4 is 27.5 Å². The Kier molecular flexibility index (Phi) is 5.14. The van der Waals surface area contributed by atoms with Gasteiger partial charge in [0, 0.05) is 27.8 Å². The summed E-state index contributed by atoms with van der Waals surface area (Å²) in [7, 11) is -0.840. The van der Waals surface area contributed by atoms with E-state index in [0.717, 1.165) is 19.3 Å². The Balaban J connectivity index is 1.75. The van der Waals surface area contributed by atoms with Crippen molar-refractivity contribution in [1.29, 1.82) is 0 Å². The van der Waals surface area contributed by atoms with E-state index in [2.05, 4.69) is 5.32 Å². The van der Waals surface area contributed by atoms with Gasteiger partial charge in [0.25, 0.3) is 5.91 Å². The molecule has 3 unspecified atom stereocenters. The molecule has 3 atom stereocenters. The zero-order valence-corrected chi connectivity index (χ0v) is 14.4. The number of hydrogen-bond donors (Lipinski definition) is 1. The summed E-state index contributed by atoms with van der Waals surface area (Å²) in [6.07, 6.45) is 3.46. The van der Waals surface area contributed by atoms with Crippen molar-refractivity contribution in [3.63, 3.8) is 0 Å². The predicted octanol–water partition coefficient (Wildman–Crippen LogP) is 2.60. The summed E-state index contributed by atoms with van der Waals surface area (Å²) in [5.41, 5.74) is -0.508. The average Bonchev–Trinajstić information content (AvgIpc) is 2.61. The van der Waals surface area contributed by atoms with Crippen LogP contribution >= 0.6 is 0 Å². The van der Waals surface area contributed by atoms with E-state index in [9.17, 15) is 13.8 Å². The lowest BCUT2D eigenvalue weighted by atomic mass is 9.95. The second-order valence-electron chi connectivity index (χ2n) is 6.11. The number of carbonyl (C=O) groups excluding carboxylic acids is 1. The van der Waals surface area contributed by atoms with Gasteiger partial charge in [-0.05, 0) is 36.8 Å². The zero-order chi connectivity index (χ0) is 17.1. The van der Waals surface area contributed by atoms with Gasteiger partial charge in [0.1, 0.15) is 0 Å². The summed E-state index contributed by atoms with van der Waals surface area (Å²) in [6, 6.07) is 8.60. The second kappa shape index (κ2) is 7.30. The Morgan fingerprint density at radius 2 is 2.12 bits per heavy atom. The fourth-order valence-corrected chi connectivity index (χ4v) is 4.60. The number of amides is 1. The average molecular weight is 347 g/mol. The van der Waals surface area contributed by atoms with Crippen LogP contribution in [0.5, 0.6) is 0 Å². The minimum Gasteiger partial charge on any atom is -0.417 e. The molecule has 0 radical (unpaired) electrons. The minimum absolute atomic E-state index is 0.0245. The molecule has 1 aromatic carbocycles. The second-order valence-corrected chi connectivity index (χ2v) is 8.12. The van der Waals surface area contributed by atoms with Crippen molar-refractivity contribution in [2.75, 3.05) is 5.75 Å². The molecule has 1 amide bonds. The first-order chi connectivity index (χ1) is 11.6. The molecule has 1 aromatic heterocycles. The Morgan fingerprint density at radius 3 is 2.92 bits per heavy atom. The maximum absolute atomic E-state index is 12.4. The topological polar surface area (TPSA) is 76.4 Å². The summed E-state index contributed by atoms with van der Waals surface area (Å²) in [5.74, 6) is 0.286. The number of benzene rings is 1. The highest BCUT2D eigenvalue weighted by Crippen LogP contribution is 2.23. The molecule has 1 heterocycles. The molecule has 1 N–H and O–H groups in total.